The summed E-state index contributed by atoms with van der Waals surface area (Å²) in [4.78, 5) is 20.2. The maximum absolute atomic E-state index is 12.8. The van der Waals surface area contributed by atoms with Gasteiger partial charge in [-0.25, -0.2) is 9.50 Å². The molecule has 0 aliphatic heterocycles. The predicted molar refractivity (Wildman–Crippen MR) is 91.7 cm³/mol. The number of aromatic nitrogens is 4. The van der Waals surface area contributed by atoms with Crippen LogP contribution in [0.4, 0.5) is 13.2 Å². The minimum absolute atomic E-state index is 0.0498. The van der Waals surface area contributed by atoms with Gasteiger partial charge in [-0.05, 0) is 29.4 Å². The van der Waals surface area contributed by atoms with Crippen molar-refractivity contribution in [2.24, 2.45) is 0 Å². The zero-order chi connectivity index (χ0) is 19.3. The van der Waals surface area contributed by atoms with Gasteiger partial charge < -0.3 is 0 Å². The van der Waals surface area contributed by atoms with E-state index in [2.05, 4.69) is 28.9 Å². The van der Waals surface area contributed by atoms with Crippen LogP contribution in [0.2, 0.25) is 0 Å². The smallest absolute Gasteiger partial charge is 0.294 e. The van der Waals surface area contributed by atoms with Gasteiger partial charge in [0.2, 0.25) is 0 Å². The molecule has 2 aromatic heterocycles. The van der Waals surface area contributed by atoms with Gasteiger partial charge in [0.1, 0.15) is 0 Å². The fourth-order valence-corrected chi connectivity index (χ4v) is 3.39. The van der Waals surface area contributed by atoms with Gasteiger partial charge in [0, 0.05) is 12.6 Å². The minimum atomic E-state index is -4.65. The fourth-order valence-electron chi connectivity index (χ4n) is 3.39. The Labute approximate surface area is 153 Å². The third-order valence-corrected chi connectivity index (χ3v) is 4.91. The van der Waals surface area contributed by atoms with E-state index in [4.69, 9.17) is 0 Å². The number of Topliss-reactive ketones (excluding diaryl/α,β-unsaturated/α-hetero) is 1. The van der Waals surface area contributed by atoms with Crippen LogP contribution in [0.25, 0.3) is 5.78 Å². The van der Waals surface area contributed by atoms with Crippen LogP contribution in [0.5, 0.6) is 0 Å². The summed E-state index contributed by atoms with van der Waals surface area (Å²) in [6, 6.07) is 8.11. The molecule has 2 heterocycles. The van der Waals surface area contributed by atoms with Crippen LogP contribution in [-0.2, 0) is 12.6 Å². The van der Waals surface area contributed by atoms with Crippen LogP contribution in [0, 0.1) is 0 Å². The van der Waals surface area contributed by atoms with Crippen molar-refractivity contribution in [1.29, 1.82) is 0 Å². The van der Waals surface area contributed by atoms with Crippen LogP contribution in [0.1, 0.15) is 65.1 Å². The molecule has 0 unspecified atom stereocenters. The topological polar surface area (TPSA) is 60.2 Å². The first kappa shape index (κ1) is 17.6. The number of halogens is 3. The number of alkyl halides is 3. The fraction of sp³-hybridized carbons (Fsp3) is 0.368. The molecule has 140 valence electrons. The number of benzene rings is 1. The number of rotatable bonds is 2. The maximum Gasteiger partial charge on any atom is 0.453 e. The number of ketones is 1. The number of carbonyl (C=O) groups is 1. The Morgan fingerprint density at radius 1 is 1.11 bits per heavy atom. The summed E-state index contributed by atoms with van der Waals surface area (Å²) >= 11 is 0. The van der Waals surface area contributed by atoms with Crippen molar-refractivity contribution in [2.75, 3.05) is 0 Å². The Bertz CT molecular complexity index is 1020. The number of carbonyl (C=O) groups excluding carboxylic acids is 1. The van der Waals surface area contributed by atoms with Crippen molar-refractivity contribution in [3.63, 3.8) is 0 Å². The first-order valence-electron chi connectivity index (χ1n) is 8.69. The standard InChI is InChI=1S/C19H17F3N4O/c1-10(2)11-3-5-12(6-4-11)13-7-15-14(16(27)8-13)9-26-18(23-15)24-17(25-26)19(20,21)22/h3-6,9-10,13H,7-8H2,1-2H3/t13-/m1/s1. The number of nitrogens with zero attached hydrogens (tertiary/aromatic N) is 4. The molecule has 0 bridgehead atoms. The van der Waals surface area contributed by atoms with Crippen molar-refractivity contribution >= 4 is 11.6 Å². The second kappa shape index (κ2) is 6.14. The molecule has 0 amide bonds. The van der Waals surface area contributed by atoms with Crippen molar-refractivity contribution < 1.29 is 18.0 Å². The van der Waals surface area contributed by atoms with E-state index < -0.39 is 12.0 Å². The summed E-state index contributed by atoms with van der Waals surface area (Å²) in [6.45, 7) is 4.22. The van der Waals surface area contributed by atoms with E-state index in [1.54, 1.807) is 0 Å². The Balaban J connectivity index is 1.69. The molecule has 1 aliphatic carbocycles. The van der Waals surface area contributed by atoms with E-state index in [1.807, 2.05) is 24.3 Å². The predicted octanol–water partition coefficient (Wildman–Crippen LogP) is 4.18. The Hall–Kier alpha value is -2.77. The molecule has 4 rings (SSSR count). The van der Waals surface area contributed by atoms with Gasteiger partial charge in [0.15, 0.2) is 5.78 Å². The Kier molecular flexibility index (Phi) is 4.01. The van der Waals surface area contributed by atoms with Crippen molar-refractivity contribution in [3.8, 4) is 0 Å². The molecule has 8 heteroatoms. The van der Waals surface area contributed by atoms with Crippen LogP contribution in [0.3, 0.4) is 0 Å². The molecule has 1 aliphatic rings. The van der Waals surface area contributed by atoms with Gasteiger partial charge in [0.05, 0.1) is 11.3 Å². The summed E-state index contributed by atoms with van der Waals surface area (Å²) in [5.74, 6) is -1.19. The summed E-state index contributed by atoms with van der Waals surface area (Å²) < 4.78 is 39.4. The average Bonchev–Trinajstić information content (AvgIpc) is 3.03. The van der Waals surface area contributed by atoms with Gasteiger partial charge in [-0.1, -0.05) is 38.1 Å². The molecule has 0 saturated heterocycles. The van der Waals surface area contributed by atoms with Crippen molar-refractivity contribution in [1.82, 2.24) is 19.6 Å². The van der Waals surface area contributed by atoms with E-state index >= 15 is 0 Å². The SMILES string of the molecule is CC(C)c1ccc([C@H]2CC(=O)c3cn4nc(C(F)(F)F)nc4nc3C2)cc1. The van der Waals surface area contributed by atoms with Gasteiger partial charge >= 0.3 is 6.18 Å². The van der Waals surface area contributed by atoms with Crippen LogP contribution in [-0.4, -0.2) is 25.4 Å². The molecular weight excluding hydrogens is 357 g/mol. The molecule has 0 saturated carbocycles. The van der Waals surface area contributed by atoms with Gasteiger partial charge in [0.25, 0.3) is 11.6 Å². The molecule has 0 radical (unpaired) electrons. The highest BCUT2D eigenvalue weighted by atomic mass is 19.4. The van der Waals surface area contributed by atoms with E-state index in [0.717, 1.165) is 10.1 Å². The lowest BCUT2D eigenvalue weighted by atomic mass is 9.81. The molecule has 1 atom stereocenters. The number of hydrogen-bond acceptors (Lipinski definition) is 4. The quantitative estimate of drug-likeness (QED) is 0.675. The molecule has 0 spiro atoms. The average molecular weight is 374 g/mol. The minimum Gasteiger partial charge on any atom is -0.294 e. The van der Waals surface area contributed by atoms with E-state index in [0.29, 0.717) is 30.0 Å². The molecule has 3 aromatic rings. The first-order valence-corrected chi connectivity index (χ1v) is 8.69. The largest absolute Gasteiger partial charge is 0.453 e. The summed E-state index contributed by atoms with van der Waals surface area (Å²) in [5, 5.41) is 3.40. The van der Waals surface area contributed by atoms with E-state index in [9.17, 15) is 18.0 Å². The molecule has 0 N–H and O–H groups in total. The van der Waals surface area contributed by atoms with Gasteiger partial charge in [-0.15, -0.1) is 5.10 Å². The molecule has 5 nitrogen and oxygen atoms in total. The van der Waals surface area contributed by atoms with Crippen LogP contribution < -0.4 is 0 Å². The molecular formula is C19H17F3N4O. The second-order valence-electron chi connectivity index (χ2n) is 7.13. The summed E-state index contributed by atoms with van der Waals surface area (Å²) in [7, 11) is 0. The zero-order valence-electron chi connectivity index (χ0n) is 14.8. The third kappa shape index (κ3) is 3.20. The number of fused-ring (bicyclic) bond motifs is 2. The monoisotopic (exact) mass is 374 g/mol. The number of hydrogen-bond donors (Lipinski definition) is 0. The lowest BCUT2D eigenvalue weighted by Crippen LogP contribution is -2.21. The highest BCUT2D eigenvalue weighted by Gasteiger charge is 2.37. The summed E-state index contributed by atoms with van der Waals surface area (Å²) in [6.07, 6.45) is -2.58. The molecule has 1 aromatic carbocycles. The molecule has 27 heavy (non-hydrogen) atoms. The van der Waals surface area contributed by atoms with Gasteiger partial charge in [-0.2, -0.15) is 18.2 Å². The lowest BCUT2D eigenvalue weighted by molar-refractivity contribution is -0.144. The van der Waals surface area contributed by atoms with Crippen molar-refractivity contribution in [3.05, 3.63) is 58.7 Å². The Morgan fingerprint density at radius 3 is 2.44 bits per heavy atom. The highest BCUT2D eigenvalue weighted by Crippen LogP contribution is 2.33. The third-order valence-electron chi connectivity index (χ3n) is 4.91. The van der Waals surface area contributed by atoms with Crippen LogP contribution >= 0.6 is 0 Å². The van der Waals surface area contributed by atoms with Gasteiger partial charge in [-0.3, -0.25) is 4.79 Å². The zero-order valence-corrected chi connectivity index (χ0v) is 14.8. The Morgan fingerprint density at radius 2 is 1.81 bits per heavy atom. The second-order valence-corrected chi connectivity index (χ2v) is 7.13. The maximum atomic E-state index is 12.8. The lowest BCUT2D eigenvalue weighted by Gasteiger charge is -2.23. The highest BCUT2D eigenvalue weighted by molar-refractivity contribution is 5.98. The van der Waals surface area contributed by atoms with E-state index in [1.165, 1.54) is 11.8 Å². The van der Waals surface area contributed by atoms with Crippen LogP contribution in [0.15, 0.2) is 30.5 Å². The first-order chi connectivity index (χ1) is 12.7. The molecule has 0 fully saturated rings. The summed E-state index contributed by atoms with van der Waals surface area (Å²) in [5.41, 5.74) is 3.02. The van der Waals surface area contributed by atoms with E-state index in [-0.39, 0.29) is 17.5 Å². The van der Waals surface area contributed by atoms with Crippen molar-refractivity contribution in [2.45, 2.75) is 44.7 Å². The normalized spacial score (nSPS) is 17.6.